The maximum atomic E-state index is 6.39. The van der Waals surface area contributed by atoms with Crippen LogP contribution in [-0.2, 0) is 4.43 Å². The van der Waals surface area contributed by atoms with Crippen LogP contribution in [0.15, 0.2) is 35.7 Å². The Labute approximate surface area is 106 Å². The van der Waals surface area contributed by atoms with Crippen molar-refractivity contribution in [3.8, 4) is 0 Å². The zero-order valence-electron chi connectivity index (χ0n) is 11.6. The average Bonchev–Trinajstić information content (AvgIpc) is 2.67. The molecule has 0 fully saturated rings. The third kappa shape index (κ3) is 3.58. The predicted octanol–water partition coefficient (Wildman–Crippen LogP) is 4.92. The van der Waals surface area contributed by atoms with Gasteiger partial charge >= 0.3 is 0 Å². The van der Waals surface area contributed by atoms with E-state index in [1.165, 1.54) is 0 Å². The fourth-order valence-electron chi connectivity index (χ4n) is 1.39. The van der Waals surface area contributed by atoms with Crippen molar-refractivity contribution in [3.63, 3.8) is 0 Å². The molecule has 1 rings (SSSR count). The van der Waals surface area contributed by atoms with E-state index in [2.05, 4.69) is 40.4 Å². The van der Waals surface area contributed by atoms with Crippen LogP contribution in [0.3, 0.4) is 0 Å². The zero-order chi connectivity index (χ0) is 13.1. The van der Waals surface area contributed by atoms with Gasteiger partial charge in [-0.3, -0.25) is 0 Å². The molecular formula is C14H24O2Si. The molecule has 1 aromatic rings. The van der Waals surface area contributed by atoms with Crippen molar-refractivity contribution in [2.24, 2.45) is 0 Å². The quantitative estimate of drug-likeness (QED) is 0.548. The highest BCUT2D eigenvalue weighted by Gasteiger charge is 2.39. The van der Waals surface area contributed by atoms with Crippen LogP contribution in [0.4, 0.5) is 0 Å². The van der Waals surface area contributed by atoms with Crippen molar-refractivity contribution in [2.75, 3.05) is 0 Å². The fraction of sp³-hybridized carbons (Fsp3) is 0.571. The summed E-state index contributed by atoms with van der Waals surface area (Å²) in [6, 6.07) is 1.97. The summed E-state index contributed by atoms with van der Waals surface area (Å²) in [4.78, 5) is 0. The van der Waals surface area contributed by atoms with Crippen molar-refractivity contribution in [3.05, 3.63) is 36.8 Å². The highest BCUT2D eigenvalue weighted by Crippen LogP contribution is 2.40. The summed E-state index contributed by atoms with van der Waals surface area (Å²) in [6.07, 6.45) is 6.27. The van der Waals surface area contributed by atoms with Gasteiger partial charge in [0, 0.05) is 5.56 Å². The SMILES string of the molecule is C=CCC(O[Si](C)(C)C(C)(C)C)c1ccoc1. The van der Waals surface area contributed by atoms with E-state index >= 15 is 0 Å². The van der Waals surface area contributed by atoms with Crippen LogP contribution in [0.5, 0.6) is 0 Å². The molecule has 0 radical (unpaired) electrons. The van der Waals surface area contributed by atoms with Gasteiger partial charge in [-0.05, 0) is 30.6 Å². The molecule has 0 aliphatic heterocycles. The van der Waals surface area contributed by atoms with E-state index in [0.717, 1.165) is 12.0 Å². The molecule has 17 heavy (non-hydrogen) atoms. The summed E-state index contributed by atoms with van der Waals surface area (Å²) in [6.45, 7) is 15.1. The summed E-state index contributed by atoms with van der Waals surface area (Å²) in [5.74, 6) is 0. The number of hydrogen-bond acceptors (Lipinski definition) is 2. The third-order valence-electron chi connectivity index (χ3n) is 3.54. The first-order valence-electron chi connectivity index (χ1n) is 6.09. The number of furan rings is 1. The Morgan fingerprint density at radius 2 is 2.12 bits per heavy atom. The molecule has 0 aromatic carbocycles. The van der Waals surface area contributed by atoms with Gasteiger partial charge in [0.2, 0.25) is 0 Å². The first-order chi connectivity index (χ1) is 7.78. The first-order valence-corrected chi connectivity index (χ1v) is 8.99. The molecule has 1 atom stereocenters. The molecule has 1 heterocycles. The van der Waals surface area contributed by atoms with Crippen molar-refractivity contribution in [1.29, 1.82) is 0 Å². The van der Waals surface area contributed by atoms with E-state index in [-0.39, 0.29) is 11.1 Å². The monoisotopic (exact) mass is 252 g/mol. The minimum Gasteiger partial charge on any atom is -0.472 e. The molecule has 0 aliphatic carbocycles. The third-order valence-corrected chi connectivity index (χ3v) is 8.02. The summed E-state index contributed by atoms with van der Waals surface area (Å²) < 4.78 is 11.5. The molecular weight excluding hydrogens is 228 g/mol. The Kier molecular flexibility index (Phi) is 4.39. The zero-order valence-corrected chi connectivity index (χ0v) is 12.6. The average molecular weight is 252 g/mol. The van der Waals surface area contributed by atoms with Gasteiger partial charge in [-0.25, -0.2) is 0 Å². The Bertz CT molecular complexity index is 347. The van der Waals surface area contributed by atoms with Gasteiger partial charge in [0.1, 0.15) is 0 Å². The largest absolute Gasteiger partial charge is 0.472 e. The standard InChI is InChI=1S/C14H24O2Si/c1-7-8-13(12-9-10-15-11-12)16-17(5,6)14(2,3)4/h7,9-11,13H,1,8H2,2-6H3. The summed E-state index contributed by atoms with van der Waals surface area (Å²) in [5.41, 5.74) is 1.11. The van der Waals surface area contributed by atoms with Gasteiger partial charge in [0.05, 0.1) is 18.6 Å². The van der Waals surface area contributed by atoms with Crippen LogP contribution < -0.4 is 0 Å². The maximum Gasteiger partial charge on any atom is 0.192 e. The lowest BCUT2D eigenvalue weighted by Gasteiger charge is -2.39. The molecule has 0 saturated carbocycles. The second-order valence-corrected chi connectivity index (χ2v) is 10.7. The lowest BCUT2D eigenvalue weighted by atomic mass is 10.1. The highest BCUT2D eigenvalue weighted by atomic mass is 28.4. The molecule has 0 saturated heterocycles. The normalized spacial score (nSPS) is 14.6. The van der Waals surface area contributed by atoms with E-state index in [9.17, 15) is 0 Å². The van der Waals surface area contributed by atoms with E-state index in [1.807, 2.05) is 12.1 Å². The van der Waals surface area contributed by atoms with Gasteiger partial charge in [-0.2, -0.15) is 0 Å². The molecule has 0 amide bonds. The molecule has 2 nitrogen and oxygen atoms in total. The summed E-state index contributed by atoms with van der Waals surface area (Å²) in [5, 5.41) is 0.218. The van der Waals surface area contributed by atoms with E-state index in [4.69, 9.17) is 8.84 Å². The van der Waals surface area contributed by atoms with Crippen LogP contribution in [-0.4, -0.2) is 8.32 Å². The Morgan fingerprint density at radius 3 is 2.53 bits per heavy atom. The minimum atomic E-state index is -1.75. The van der Waals surface area contributed by atoms with Gasteiger partial charge in [0.15, 0.2) is 8.32 Å². The smallest absolute Gasteiger partial charge is 0.192 e. The molecule has 0 aliphatic rings. The van der Waals surface area contributed by atoms with Crippen molar-refractivity contribution in [2.45, 2.75) is 51.4 Å². The lowest BCUT2D eigenvalue weighted by Crippen LogP contribution is -2.41. The van der Waals surface area contributed by atoms with Crippen LogP contribution >= 0.6 is 0 Å². The van der Waals surface area contributed by atoms with Gasteiger partial charge in [-0.1, -0.05) is 26.8 Å². The van der Waals surface area contributed by atoms with Crippen molar-refractivity contribution in [1.82, 2.24) is 0 Å². The molecule has 1 unspecified atom stereocenters. The summed E-state index contributed by atoms with van der Waals surface area (Å²) >= 11 is 0. The molecule has 96 valence electrons. The molecule has 0 N–H and O–H groups in total. The molecule has 3 heteroatoms. The molecule has 1 aromatic heterocycles. The Hall–Kier alpha value is -0.803. The van der Waals surface area contributed by atoms with Crippen LogP contribution in [0.25, 0.3) is 0 Å². The van der Waals surface area contributed by atoms with Crippen LogP contribution in [0.1, 0.15) is 38.9 Å². The van der Waals surface area contributed by atoms with Crippen LogP contribution in [0, 0.1) is 0 Å². The summed E-state index contributed by atoms with van der Waals surface area (Å²) in [7, 11) is -1.75. The topological polar surface area (TPSA) is 22.4 Å². The fourth-order valence-corrected chi connectivity index (χ4v) is 2.69. The van der Waals surface area contributed by atoms with Gasteiger partial charge in [-0.15, -0.1) is 6.58 Å². The highest BCUT2D eigenvalue weighted by molar-refractivity contribution is 6.74. The minimum absolute atomic E-state index is 0.0761. The van der Waals surface area contributed by atoms with E-state index in [1.54, 1.807) is 12.5 Å². The Morgan fingerprint density at radius 1 is 1.47 bits per heavy atom. The molecule has 0 bridgehead atoms. The lowest BCUT2D eigenvalue weighted by molar-refractivity contribution is 0.186. The second kappa shape index (κ2) is 5.23. The van der Waals surface area contributed by atoms with Gasteiger partial charge in [0.25, 0.3) is 0 Å². The van der Waals surface area contributed by atoms with Crippen LogP contribution in [0.2, 0.25) is 18.1 Å². The first kappa shape index (κ1) is 14.3. The second-order valence-electron chi connectivity index (χ2n) is 5.95. The van der Waals surface area contributed by atoms with Gasteiger partial charge < -0.3 is 8.84 Å². The van der Waals surface area contributed by atoms with E-state index < -0.39 is 8.32 Å². The molecule has 0 spiro atoms. The predicted molar refractivity (Wildman–Crippen MR) is 74.5 cm³/mol. The maximum absolute atomic E-state index is 6.39. The number of rotatable bonds is 5. The number of hydrogen-bond donors (Lipinski definition) is 0. The van der Waals surface area contributed by atoms with Crippen molar-refractivity contribution >= 4 is 8.32 Å². The van der Waals surface area contributed by atoms with Crippen molar-refractivity contribution < 1.29 is 8.84 Å². The van der Waals surface area contributed by atoms with E-state index in [0.29, 0.717) is 0 Å². The Balaban J connectivity index is 2.85.